The molecule has 1 rings (SSSR count). The Bertz CT molecular complexity index is 421. The molecule has 0 aliphatic carbocycles. The number of hydrogen-bond acceptors (Lipinski definition) is 7. The van der Waals surface area contributed by atoms with E-state index in [1.807, 2.05) is 4.90 Å². The topological polar surface area (TPSA) is 87.0 Å². The van der Waals surface area contributed by atoms with E-state index < -0.39 is 0 Å². The summed E-state index contributed by atoms with van der Waals surface area (Å²) in [5, 5.41) is 11.6. The second-order valence-electron chi connectivity index (χ2n) is 3.37. The predicted octanol–water partition coefficient (Wildman–Crippen LogP) is 0.933. The molecule has 7 nitrogen and oxygen atoms in total. The summed E-state index contributed by atoms with van der Waals surface area (Å²) in [6, 6.07) is 2.09. The fourth-order valence-corrected chi connectivity index (χ4v) is 1.45. The van der Waals surface area contributed by atoms with Crippen molar-refractivity contribution in [3.05, 3.63) is 5.28 Å². The van der Waals surface area contributed by atoms with Crippen LogP contribution in [0.4, 0.5) is 11.9 Å². The van der Waals surface area contributed by atoms with Gasteiger partial charge in [0.2, 0.25) is 17.2 Å². The average Bonchev–Trinajstić information content (AvgIpc) is 2.38. The van der Waals surface area contributed by atoms with Gasteiger partial charge in [0, 0.05) is 27.2 Å². The van der Waals surface area contributed by atoms with E-state index in [1.54, 1.807) is 14.2 Å². The Balaban J connectivity index is 2.88. The van der Waals surface area contributed by atoms with Crippen molar-refractivity contribution in [3.8, 4) is 6.07 Å². The van der Waals surface area contributed by atoms with Crippen LogP contribution in [-0.4, -0.2) is 48.8 Å². The zero-order chi connectivity index (χ0) is 13.4. The van der Waals surface area contributed by atoms with Crippen molar-refractivity contribution in [1.82, 2.24) is 15.0 Å². The van der Waals surface area contributed by atoms with Gasteiger partial charge >= 0.3 is 0 Å². The van der Waals surface area contributed by atoms with E-state index in [-0.39, 0.29) is 5.28 Å². The number of nitrogens with zero attached hydrogens (tertiary/aromatic N) is 5. The standard InChI is InChI=1S/C10H15ClN6O/c1-13-9-14-8(11)15-10(16-9)17(5-3-4-12)6-7-18-2/h3,5-7H2,1-2H3,(H,13,14,15,16). The van der Waals surface area contributed by atoms with Gasteiger partial charge < -0.3 is 15.0 Å². The molecule has 0 spiro atoms. The minimum Gasteiger partial charge on any atom is -0.383 e. The third-order valence-electron chi connectivity index (χ3n) is 2.16. The van der Waals surface area contributed by atoms with Crippen molar-refractivity contribution in [2.24, 2.45) is 0 Å². The number of hydrogen-bond donors (Lipinski definition) is 1. The Labute approximate surface area is 111 Å². The summed E-state index contributed by atoms with van der Waals surface area (Å²) in [4.78, 5) is 14.0. The van der Waals surface area contributed by atoms with Gasteiger partial charge in [0.1, 0.15) is 0 Å². The summed E-state index contributed by atoms with van der Waals surface area (Å²) in [5.74, 6) is 0.830. The summed E-state index contributed by atoms with van der Waals surface area (Å²) in [7, 11) is 3.31. The van der Waals surface area contributed by atoms with Gasteiger partial charge in [0.05, 0.1) is 19.1 Å². The minimum absolute atomic E-state index is 0.115. The highest BCUT2D eigenvalue weighted by molar-refractivity contribution is 6.28. The van der Waals surface area contributed by atoms with Gasteiger partial charge in [-0.3, -0.25) is 0 Å². The van der Waals surface area contributed by atoms with E-state index in [2.05, 4.69) is 26.3 Å². The third-order valence-corrected chi connectivity index (χ3v) is 2.33. The summed E-state index contributed by atoms with van der Waals surface area (Å²) in [6.45, 7) is 1.62. The molecule has 0 saturated heterocycles. The molecular formula is C10H15ClN6O. The van der Waals surface area contributed by atoms with Crippen LogP contribution in [0.3, 0.4) is 0 Å². The maximum absolute atomic E-state index is 8.64. The first-order valence-corrected chi connectivity index (χ1v) is 5.79. The summed E-state index contributed by atoms with van der Waals surface area (Å²) in [6.07, 6.45) is 0.377. The molecule has 0 aromatic carbocycles. The van der Waals surface area contributed by atoms with Crippen LogP contribution in [0.25, 0.3) is 0 Å². The van der Waals surface area contributed by atoms with Gasteiger partial charge in [-0.05, 0) is 11.6 Å². The summed E-state index contributed by atoms with van der Waals surface area (Å²) in [5.41, 5.74) is 0. The molecule has 98 valence electrons. The Morgan fingerprint density at radius 3 is 2.78 bits per heavy atom. The number of rotatable bonds is 7. The fourth-order valence-electron chi connectivity index (χ4n) is 1.29. The van der Waals surface area contributed by atoms with E-state index in [9.17, 15) is 0 Å². The molecule has 1 aromatic heterocycles. The maximum atomic E-state index is 8.64. The van der Waals surface area contributed by atoms with Gasteiger partial charge in [-0.25, -0.2) is 0 Å². The lowest BCUT2D eigenvalue weighted by molar-refractivity contribution is 0.205. The molecule has 0 aliphatic heterocycles. The number of anilines is 2. The van der Waals surface area contributed by atoms with Gasteiger partial charge in [0.15, 0.2) is 0 Å². The molecule has 0 atom stereocenters. The van der Waals surface area contributed by atoms with Crippen LogP contribution in [0.2, 0.25) is 5.28 Å². The van der Waals surface area contributed by atoms with Crippen molar-refractivity contribution in [2.45, 2.75) is 6.42 Å². The zero-order valence-electron chi connectivity index (χ0n) is 10.4. The average molecular weight is 271 g/mol. The molecule has 0 aliphatic rings. The first-order valence-electron chi connectivity index (χ1n) is 5.41. The first kappa shape index (κ1) is 14.4. The highest BCUT2D eigenvalue weighted by atomic mass is 35.5. The molecule has 1 aromatic rings. The lowest BCUT2D eigenvalue weighted by Crippen LogP contribution is -2.30. The lowest BCUT2D eigenvalue weighted by atomic mass is 10.4. The van der Waals surface area contributed by atoms with Crippen LogP contribution in [0.15, 0.2) is 0 Å². The highest BCUT2D eigenvalue weighted by Gasteiger charge is 2.12. The molecule has 1 N–H and O–H groups in total. The fraction of sp³-hybridized carbons (Fsp3) is 0.600. The Morgan fingerprint density at radius 1 is 1.39 bits per heavy atom. The molecule has 8 heteroatoms. The number of ether oxygens (including phenoxy) is 1. The number of methoxy groups -OCH3 is 1. The largest absolute Gasteiger partial charge is 0.383 e. The van der Waals surface area contributed by atoms with Gasteiger partial charge in [-0.1, -0.05) is 0 Å². The first-order chi connectivity index (χ1) is 8.71. The van der Waals surface area contributed by atoms with Gasteiger partial charge in [-0.15, -0.1) is 0 Å². The van der Waals surface area contributed by atoms with E-state index in [4.69, 9.17) is 21.6 Å². The molecule has 0 radical (unpaired) electrons. The number of halogens is 1. The minimum atomic E-state index is 0.115. The number of nitrogens with one attached hydrogen (secondary N) is 1. The number of aromatic nitrogens is 3. The molecule has 0 saturated carbocycles. The molecule has 0 unspecified atom stereocenters. The highest BCUT2D eigenvalue weighted by Crippen LogP contribution is 2.13. The SMILES string of the molecule is CNc1nc(Cl)nc(N(CCC#N)CCOC)n1. The molecule has 0 fully saturated rings. The quantitative estimate of drug-likeness (QED) is 0.789. The molecule has 0 amide bonds. The van der Waals surface area contributed by atoms with Crippen LogP contribution in [-0.2, 0) is 4.74 Å². The monoisotopic (exact) mass is 270 g/mol. The van der Waals surface area contributed by atoms with Crippen LogP contribution in [0.5, 0.6) is 0 Å². The van der Waals surface area contributed by atoms with Crippen LogP contribution >= 0.6 is 11.6 Å². The predicted molar refractivity (Wildman–Crippen MR) is 68.7 cm³/mol. The maximum Gasteiger partial charge on any atom is 0.231 e. The molecule has 1 heterocycles. The van der Waals surface area contributed by atoms with E-state index in [1.165, 1.54) is 0 Å². The Morgan fingerprint density at radius 2 is 2.17 bits per heavy atom. The van der Waals surface area contributed by atoms with Crippen LogP contribution < -0.4 is 10.2 Å². The van der Waals surface area contributed by atoms with Crippen molar-refractivity contribution in [1.29, 1.82) is 5.26 Å². The molecular weight excluding hydrogens is 256 g/mol. The Hall–Kier alpha value is -1.65. The zero-order valence-corrected chi connectivity index (χ0v) is 11.1. The van der Waals surface area contributed by atoms with E-state index in [0.29, 0.717) is 38.0 Å². The number of nitriles is 1. The molecule has 0 bridgehead atoms. The van der Waals surface area contributed by atoms with Crippen LogP contribution in [0.1, 0.15) is 6.42 Å². The van der Waals surface area contributed by atoms with E-state index >= 15 is 0 Å². The van der Waals surface area contributed by atoms with Crippen molar-refractivity contribution in [2.75, 3.05) is 44.1 Å². The van der Waals surface area contributed by atoms with Crippen molar-refractivity contribution >= 4 is 23.5 Å². The van der Waals surface area contributed by atoms with Crippen molar-refractivity contribution in [3.63, 3.8) is 0 Å². The summed E-state index contributed by atoms with van der Waals surface area (Å²) < 4.78 is 5.02. The second-order valence-corrected chi connectivity index (χ2v) is 3.70. The summed E-state index contributed by atoms with van der Waals surface area (Å²) >= 11 is 5.82. The normalized spacial score (nSPS) is 9.89. The van der Waals surface area contributed by atoms with Gasteiger partial charge in [-0.2, -0.15) is 20.2 Å². The van der Waals surface area contributed by atoms with E-state index in [0.717, 1.165) is 0 Å². The van der Waals surface area contributed by atoms with Gasteiger partial charge in [0.25, 0.3) is 0 Å². The molecule has 18 heavy (non-hydrogen) atoms. The Kier molecular flexibility index (Phi) is 6.11. The third kappa shape index (κ3) is 4.31. The smallest absolute Gasteiger partial charge is 0.231 e. The second kappa shape index (κ2) is 7.63. The van der Waals surface area contributed by atoms with Crippen LogP contribution in [0, 0.1) is 11.3 Å². The van der Waals surface area contributed by atoms with Crippen molar-refractivity contribution < 1.29 is 4.74 Å². The lowest BCUT2D eigenvalue weighted by Gasteiger charge is -2.21.